The largest absolute Gasteiger partial charge is 0.388 e. The quantitative estimate of drug-likeness (QED) is 0.826. The highest BCUT2D eigenvalue weighted by Crippen LogP contribution is 2.36. The lowest BCUT2D eigenvalue weighted by atomic mass is 10.4. The smallest absolute Gasteiger partial charge is 0.303 e. The molecule has 0 bridgehead atoms. The number of benzene rings is 2. The van der Waals surface area contributed by atoms with Crippen molar-refractivity contribution in [1.29, 1.82) is 0 Å². The van der Waals surface area contributed by atoms with Crippen molar-refractivity contribution in [2.75, 3.05) is 0 Å². The highest BCUT2D eigenvalue weighted by atomic mass is 32.3. The van der Waals surface area contributed by atoms with Crippen LogP contribution in [0.25, 0.3) is 0 Å². The summed E-state index contributed by atoms with van der Waals surface area (Å²) in [7, 11) is -9.58. The van der Waals surface area contributed by atoms with Gasteiger partial charge in [-0.3, -0.25) is 0 Å². The van der Waals surface area contributed by atoms with E-state index in [4.69, 9.17) is 0 Å². The maximum Gasteiger partial charge on any atom is 0.303 e. The number of aliphatic hydroxyl groups is 2. The van der Waals surface area contributed by atoms with Crippen molar-refractivity contribution < 1.29 is 27.0 Å². The van der Waals surface area contributed by atoms with Gasteiger partial charge in [0.2, 0.25) is 19.7 Å². The topological polar surface area (TPSA) is 109 Å². The van der Waals surface area contributed by atoms with E-state index >= 15 is 0 Å². The molecule has 0 spiro atoms. The molecule has 6 nitrogen and oxygen atoms in total. The third kappa shape index (κ3) is 2.67. The molecule has 0 saturated carbocycles. The molecular formula is C15H16O6S2. The highest BCUT2D eigenvalue weighted by molar-refractivity contribution is 8.10. The number of hydrogen-bond acceptors (Lipinski definition) is 6. The van der Waals surface area contributed by atoms with Crippen LogP contribution < -0.4 is 0 Å². The predicted molar refractivity (Wildman–Crippen MR) is 83.9 cm³/mol. The first-order chi connectivity index (χ1) is 10.7. The second-order valence-corrected chi connectivity index (χ2v) is 9.40. The molecule has 2 aromatic rings. The summed E-state index contributed by atoms with van der Waals surface area (Å²) >= 11 is 0. The molecule has 2 rings (SSSR count). The Balaban J connectivity index is 2.76. The van der Waals surface area contributed by atoms with Crippen molar-refractivity contribution in [3.05, 3.63) is 60.7 Å². The summed E-state index contributed by atoms with van der Waals surface area (Å²) in [6, 6.07) is 13.3. The van der Waals surface area contributed by atoms with Crippen molar-refractivity contribution in [1.82, 2.24) is 0 Å². The normalized spacial score (nSPS) is 14.4. The van der Waals surface area contributed by atoms with Crippen molar-refractivity contribution in [3.63, 3.8) is 0 Å². The summed E-state index contributed by atoms with van der Waals surface area (Å²) in [6.45, 7) is 0.918. The number of aliphatic hydroxyl groups excluding tert-OH is 1. The van der Waals surface area contributed by atoms with Gasteiger partial charge in [-0.25, -0.2) is 16.8 Å². The molecule has 0 heterocycles. The van der Waals surface area contributed by atoms with Crippen molar-refractivity contribution in [3.8, 4) is 0 Å². The zero-order valence-corrected chi connectivity index (χ0v) is 13.8. The molecule has 0 aliphatic carbocycles. The van der Waals surface area contributed by atoms with Gasteiger partial charge in [0.25, 0.3) is 0 Å². The van der Waals surface area contributed by atoms with Gasteiger partial charge in [-0.05, 0) is 31.2 Å². The van der Waals surface area contributed by atoms with E-state index in [1.165, 1.54) is 24.3 Å². The van der Waals surface area contributed by atoms with E-state index in [2.05, 4.69) is 0 Å². The average Bonchev–Trinajstić information content (AvgIpc) is 2.55. The van der Waals surface area contributed by atoms with Crippen molar-refractivity contribution in [2.45, 2.75) is 27.1 Å². The Morgan fingerprint density at radius 3 is 1.35 bits per heavy atom. The van der Waals surface area contributed by atoms with Gasteiger partial charge in [-0.15, -0.1) is 0 Å². The molecule has 0 aliphatic rings. The lowest BCUT2D eigenvalue weighted by molar-refractivity contribution is 0.0515. The molecule has 0 amide bonds. The second-order valence-electron chi connectivity index (χ2n) is 4.94. The monoisotopic (exact) mass is 356 g/mol. The maximum atomic E-state index is 12.7. The van der Waals surface area contributed by atoms with E-state index in [1.54, 1.807) is 12.1 Å². The molecular weight excluding hydrogens is 340 g/mol. The molecule has 1 atom stereocenters. The van der Waals surface area contributed by atoms with Crippen LogP contribution in [0.2, 0.25) is 0 Å². The summed E-state index contributed by atoms with van der Waals surface area (Å²) < 4.78 is 47.5. The fourth-order valence-corrected chi connectivity index (χ4v) is 6.47. The molecule has 2 aromatic carbocycles. The van der Waals surface area contributed by atoms with E-state index in [1.807, 2.05) is 0 Å². The minimum atomic E-state index is -4.79. The molecule has 0 aliphatic heterocycles. The summed E-state index contributed by atoms with van der Waals surface area (Å²) in [5.41, 5.74) is 0. The molecule has 8 heteroatoms. The first-order valence-electron chi connectivity index (χ1n) is 6.65. The van der Waals surface area contributed by atoms with Gasteiger partial charge in [0.05, 0.1) is 9.79 Å². The average molecular weight is 356 g/mol. The molecule has 2 N–H and O–H groups in total. The second kappa shape index (κ2) is 6.04. The summed E-state index contributed by atoms with van der Waals surface area (Å²) in [4.78, 5) is -0.800. The fourth-order valence-electron chi connectivity index (χ4n) is 2.13. The van der Waals surface area contributed by atoms with Crippen LogP contribution in [-0.4, -0.2) is 37.4 Å². The van der Waals surface area contributed by atoms with Gasteiger partial charge in [0.1, 0.15) is 6.10 Å². The Bertz CT molecular complexity index is 803. The first-order valence-corrected chi connectivity index (χ1v) is 9.62. The molecule has 0 fully saturated rings. The predicted octanol–water partition coefficient (Wildman–Crippen LogP) is 0.961. The number of sulfone groups is 2. The van der Waals surface area contributed by atoms with E-state index in [0.29, 0.717) is 0 Å². The van der Waals surface area contributed by atoms with Crippen LogP contribution in [0.1, 0.15) is 6.92 Å². The number of hydrogen-bond donors (Lipinski definition) is 2. The minimum absolute atomic E-state index is 0.400. The SMILES string of the molecule is CC(O)C(O)(S(=O)(=O)c1ccccc1)S(=O)(=O)c1ccccc1. The standard InChI is InChI=1S/C15H16O6S2/c1-12(16)15(17,22(18,19)13-8-4-2-5-9-13)23(20,21)14-10-6-3-7-11-14/h2-12,16-17H,1H3. The van der Waals surface area contributed by atoms with Gasteiger partial charge in [0.15, 0.2) is 0 Å². The molecule has 0 radical (unpaired) electrons. The van der Waals surface area contributed by atoms with Gasteiger partial charge >= 0.3 is 4.27 Å². The molecule has 124 valence electrons. The Hall–Kier alpha value is -1.74. The zero-order valence-electron chi connectivity index (χ0n) is 12.2. The third-order valence-corrected chi connectivity index (χ3v) is 8.73. The third-order valence-electron chi connectivity index (χ3n) is 3.41. The number of rotatable bonds is 5. The van der Waals surface area contributed by atoms with Gasteiger partial charge < -0.3 is 10.2 Å². The molecule has 23 heavy (non-hydrogen) atoms. The Labute approximate surface area is 134 Å². The maximum absolute atomic E-state index is 12.7. The minimum Gasteiger partial charge on any atom is -0.388 e. The van der Waals surface area contributed by atoms with E-state index < -0.39 is 39.8 Å². The van der Waals surface area contributed by atoms with Crippen LogP contribution in [0.5, 0.6) is 0 Å². The first kappa shape index (κ1) is 17.6. The summed E-state index contributed by atoms with van der Waals surface area (Å²) in [6.07, 6.45) is -2.07. The molecule has 0 aromatic heterocycles. The van der Waals surface area contributed by atoms with E-state index in [9.17, 15) is 27.0 Å². The lowest BCUT2D eigenvalue weighted by Gasteiger charge is -2.30. The van der Waals surface area contributed by atoms with Crippen LogP contribution in [0.3, 0.4) is 0 Å². The van der Waals surface area contributed by atoms with Crippen molar-refractivity contribution >= 4 is 19.7 Å². The zero-order chi connectivity index (χ0) is 17.3. The van der Waals surface area contributed by atoms with E-state index in [0.717, 1.165) is 31.2 Å². The Morgan fingerprint density at radius 2 is 1.09 bits per heavy atom. The molecule has 0 saturated heterocycles. The Morgan fingerprint density at radius 1 is 0.783 bits per heavy atom. The van der Waals surface area contributed by atoms with Crippen molar-refractivity contribution in [2.24, 2.45) is 0 Å². The van der Waals surface area contributed by atoms with Crippen LogP contribution in [0.4, 0.5) is 0 Å². The van der Waals surface area contributed by atoms with Crippen LogP contribution in [0.15, 0.2) is 70.5 Å². The van der Waals surface area contributed by atoms with Gasteiger partial charge in [-0.2, -0.15) is 0 Å². The Kier molecular flexibility index (Phi) is 4.63. The van der Waals surface area contributed by atoms with Gasteiger partial charge in [-0.1, -0.05) is 36.4 Å². The lowest BCUT2D eigenvalue weighted by Crippen LogP contribution is -2.54. The van der Waals surface area contributed by atoms with Crippen LogP contribution in [0, 0.1) is 0 Å². The van der Waals surface area contributed by atoms with Gasteiger partial charge in [0, 0.05) is 0 Å². The van der Waals surface area contributed by atoms with Crippen LogP contribution >= 0.6 is 0 Å². The fraction of sp³-hybridized carbons (Fsp3) is 0.200. The molecule has 1 unspecified atom stereocenters. The van der Waals surface area contributed by atoms with E-state index in [-0.39, 0.29) is 0 Å². The van der Waals surface area contributed by atoms with Crippen LogP contribution in [-0.2, 0) is 19.7 Å². The summed E-state index contributed by atoms with van der Waals surface area (Å²) in [5, 5.41) is 20.5. The summed E-state index contributed by atoms with van der Waals surface area (Å²) in [5.74, 6) is 0. The highest BCUT2D eigenvalue weighted by Gasteiger charge is 2.58.